The van der Waals surface area contributed by atoms with Crippen molar-refractivity contribution < 1.29 is 9.59 Å². The molecular weight excluding hydrogens is 214 g/mol. The molecule has 1 aromatic rings. The maximum absolute atomic E-state index is 12.3. The molecule has 88 valence electrons. The molecule has 1 heterocycles. The third kappa shape index (κ3) is 2.44. The van der Waals surface area contributed by atoms with Gasteiger partial charge < -0.3 is 5.32 Å². The Morgan fingerprint density at radius 3 is 2.41 bits per heavy atom. The number of hydrogen-bond acceptors (Lipinski definition) is 3. The van der Waals surface area contributed by atoms with Crippen LogP contribution in [0.5, 0.6) is 0 Å². The Kier molecular flexibility index (Phi) is 3.38. The fraction of sp³-hybridized carbons (Fsp3) is 0.286. The van der Waals surface area contributed by atoms with Crippen molar-refractivity contribution in [1.29, 1.82) is 0 Å². The first-order valence-corrected chi connectivity index (χ1v) is 5.78. The molecule has 3 heteroatoms. The van der Waals surface area contributed by atoms with Crippen LogP contribution in [0.1, 0.15) is 30.1 Å². The monoisotopic (exact) mass is 229 g/mol. The lowest BCUT2D eigenvalue weighted by Gasteiger charge is -2.08. The molecule has 3 nitrogen and oxygen atoms in total. The summed E-state index contributed by atoms with van der Waals surface area (Å²) in [6, 6.07) is 8.93. The van der Waals surface area contributed by atoms with Crippen molar-refractivity contribution in [3.05, 3.63) is 47.2 Å². The molecule has 0 atom stereocenters. The molecule has 1 fully saturated rings. The number of nitrogens with one attached hydrogen (secondary N) is 1. The molecule has 0 aromatic heterocycles. The van der Waals surface area contributed by atoms with E-state index >= 15 is 0 Å². The van der Waals surface area contributed by atoms with Gasteiger partial charge in [-0.3, -0.25) is 9.59 Å². The Bertz CT molecular complexity index is 466. The maximum Gasteiger partial charge on any atom is 0.198 e. The molecule has 0 spiro atoms. The Hall–Kier alpha value is -1.90. The van der Waals surface area contributed by atoms with Gasteiger partial charge in [0.2, 0.25) is 0 Å². The predicted octanol–water partition coefficient (Wildman–Crippen LogP) is 2.10. The second-order valence-corrected chi connectivity index (χ2v) is 4.14. The van der Waals surface area contributed by atoms with Gasteiger partial charge in [0, 0.05) is 17.8 Å². The Morgan fingerprint density at radius 1 is 1.18 bits per heavy atom. The molecule has 0 amide bonds. The lowest BCUT2D eigenvalue weighted by molar-refractivity contribution is -0.113. The van der Waals surface area contributed by atoms with Gasteiger partial charge in [-0.05, 0) is 19.8 Å². The van der Waals surface area contributed by atoms with E-state index in [0.717, 1.165) is 25.1 Å². The highest BCUT2D eigenvalue weighted by atomic mass is 16.1. The molecular formula is C14H15NO2. The summed E-state index contributed by atoms with van der Waals surface area (Å²) in [6.45, 7) is 2.29. The van der Waals surface area contributed by atoms with Crippen molar-refractivity contribution >= 4 is 11.6 Å². The molecule has 1 aliphatic heterocycles. The van der Waals surface area contributed by atoms with Crippen LogP contribution in [0.4, 0.5) is 0 Å². The average Bonchev–Trinajstić information content (AvgIpc) is 2.83. The summed E-state index contributed by atoms with van der Waals surface area (Å²) in [5.41, 5.74) is 1.68. The molecule has 0 unspecified atom stereocenters. The van der Waals surface area contributed by atoms with Gasteiger partial charge >= 0.3 is 0 Å². The third-order valence-electron chi connectivity index (χ3n) is 2.86. The van der Waals surface area contributed by atoms with Gasteiger partial charge in [0.15, 0.2) is 11.6 Å². The van der Waals surface area contributed by atoms with Gasteiger partial charge in [0.05, 0.1) is 5.57 Å². The van der Waals surface area contributed by atoms with Crippen molar-refractivity contribution in [3.63, 3.8) is 0 Å². The van der Waals surface area contributed by atoms with Crippen LogP contribution in [0.15, 0.2) is 41.6 Å². The van der Waals surface area contributed by atoms with E-state index in [-0.39, 0.29) is 11.6 Å². The van der Waals surface area contributed by atoms with E-state index in [1.807, 2.05) is 6.07 Å². The average molecular weight is 229 g/mol. The van der Waals surface area contributed by atoms with Crippen LogP contribution in [0.25, 0.3) is 0 Å². The minimum atomic E-state index is -0.178. The van der Waals surface area contributed by atoms with E-state index in [4.69, 9.17) is 0 Å². The van der Waals surface area contributed by atoms with Gasteiger partial charge in [-0.1, -0.05) is 30.3 Å². The number of carbonyl (C=O) groups is 2. The van der Waals surface area contributed by atoms with E-state index in [1.165, 1.54) is 6.92 Å². The maximum atomic E-state index is 12.3. The fourth-order valence-electron chi connectivity index (χ4n) is 2.05. The lowest BCUT2D eigenvalue weighted by atomic mass is 9.98. The number of allylic oxidation sites excluding steroid dienone is 2. The highest BCUT2D eigenvalue weighted by molar-refractivity contribution is 6.26. The second kappa shape index (κ2) is 4.95. The summed E-state index contributed by atoms with van der Waals surface area (Å²) in [5, 5.41) is 3.13. The highest BCUT2D eigenvalue weighted by Crippen LogP contribution is 2.19. The summed E-state index contributed by atoms with van der Waals surface area (Å²) in [4.78, 5) is 23.9. The fourth-order valence-corrected chi connectivity index (χ4v) is 2.05. The zero-order valence-corrected chi connectivity index (χ0v) is 9.82. The van der Waals surface area contributed by atoms with Crippen LogP contribution in [-0.4, -0.2) is 18.1 Å². The SMILES string of the molecule is CC(=O)/C(C(=O)c1ccccc1)=C1\CCCN1. The number of benzene rings is 1. The zero-order valence-electron chi connectivity index (χ0n) is 9.82. The van der Waals surface area contributed by atoms with Crippen molar-refractivity contribution in [1.82, 2.24) is 5.32 Å². The number of hydrogen-bond donors (Lipinski definition) is 1. The molecule has 17 heavy (non-hydrogen) atoms. The minimum absolute atomic E-state index is 0.164. The van der Waals surface area contributed by atoms with Gasteiger partial charge in [-0.2, -0.15) is 0 Å². The number of rotatable bonds is 3. The molecule has 1 aliphatic rings. The molecule has 2 rings (SSSR count). The van der Waals surface area contributed by atoms with Crippen LogP contribution in [0, 0.1) is 0 Å². The van der Waals surface area contributed by atoms with Crippen LogP contribution in [0.3, 0.4) is 0 Å². The first-order valence-electron chi connectivity index (χ1n) is 5.78. The number of ketones is 2. The largest absolute Gasteiger partial charge is 0.388 e. The molecule has 0 bridgehead atoms. The van der Waals surface area contributed by atoms with Crippen LogP contribution >= 0.6 is 0 Å². The molecule has 1 saturated heterocycles. The Labute approximate surface area is 101 Å². The molecule has 1 N–H and O–H groups in total. The standard InChI is InChI=1S/C14H15NO2/c1-10(16)13(12-8-5-9-15-12)14(17)11-6-3-2-4-7-11/h2-4,6-7,15H,5,8-9H2,1H3/b13-12-. The van der Waals surface area contributed by atoms with Gasteiger partial charge in [-0.25, -0.2) is 0 Å². The second-order valence-electron chi connectivity index (χ2n) is 4.14. The highest BCUT2D eigenvalue weighted by Gasteiger charge is 2.22. The van der Waals surface area contributed by atoms with E-state index in [1.54, 1.807) is 24.3 Å². The smallest absolute Gasteiger partial charge is 0.198 e. The summed E-state index contributed by atoms with van der Waals surface area (Å²) < 4.78 is 0. The molecule has 0 aliphatic carbocycles. The van der Waals surface area contributed by atoms with Crippen LogP contribution in [0.2, 0.25) is 0 Å². The summed E-state index contributed by atoms with van der Waals surface area (Å²) >= 11 is 0. The van der Waals surface area contributed by atoms with Crippen LogP contribution < -0.4 is 5.32 Å². The zero-order chi connectivity index (χ0) is 12.3. The van der Waals surface area contributed by atoms with Gasteiger partial charge in [0.1, 0.15) is 0 Å². The van der Waals surface area contributed by atoms with Crippen molar-refractivity contribution in [2.24, 2.45) is 0 Å². The van der Waals surface area contributed by atoms with E-state index in [0.29, 0.717) is 11.1 Å². The molecule has 0 saturated carbocycles. The van der Waals surface area contributed by atoms with Crippen LogP contribution in [-0.2, 0) is 4.79 Å². The summed E-state index contributed by atoms with van der Waals surface area (Å²) in [6.07, 6.45) is 1.77. The number of Topliss-reactive ketones (excluding diaryl/α,β-unsaturated/α-hetero) is 2. The summed E-state index contributed by atoms with van der Waals surface area (Å²) in [5.74, 6) is -0.342. The minimum Gasteiger partial charge on any atom is -0.388 e. The number of carbonyl (C=O) groups excluding carboxylic acids is 2. The first kappa shape index (κ1) is 11.6. The van der Waals surface area contributed by atoms with E-state index in [9.17, 15) is 9.59 Å². The quantitative estimate of drug-likeness (QED) is 0.373. The molecule has 0 radical (unpaired) electrons. The normalized spacial score (nSPS) is 17.5. The van der Waals surface area contributed by atoms with Crippen molar-refractivity contribution in [3.8, 4) is 0 Å². The van der Waals surface area contributed by atoms with Gasteiger partial charge in [0.25, 0.3) is 0 Å². The van der Waals surface area contributed by atoms with Gasteiger partial charge in [-0.15, -0.1) is 0 Å². The topological polar surface area (TPSA) is 46.2 Å². The Balaban J connectivity index is 2.39. The Morgan fingerprint density at radius 2 is 1.88 bits per heavy atom. The molecule has 1 aromatic carbocycles. The first-order chi connectivity index (χ1) is 8.20. The predicted molar refractivity (Wildman–Crippen MR) is 65.7 cm³/mol. The van der Waals surface area contributed by atoms with E-state index < -0.39 is 0 Å². The lowest BCUT2D eigenvalue weighted by Crippen LogP contribution is -2.18. The van der Waals surface area contributed by atoms with Crippen molar-refractivity contribution in [2.75, 3.05) is 6.54 Å². The third-order valence-corrected chi connectivity index (χ3v) is 2.86. The summed E-state index contributed by atoms with van der Waals surface area (Å²) in [7, 11) is 0. The van der Waals surface area contributed by atoms with E-state index in [2.05, 4.69) is 5.32 Å². The van der Waals surface area contributed by atoms with Crippen molar-refractivity contribution in [2.45, 2.75) is 19.8 Å².